The third-order valence-electron chi connectivity index (χ3n) is 4.99. The average Bonchev–Trinajstić information content (AvgIpc) is 3.17. The highest BCUT2D eigenvalue weighted by Gasteiger charge is 2.39. The van der Waals surface area contributed by atoms with Crippen molar-refractivity contribution >= 4 is 26.7 Å². The van der Waals surface area contributed by atoms with Crippen LogP contribution in [0.5, 0.6) is 0 Å². The molecule has 130 valence electrons. The molecule has 1 aliphatic rings. The minimum Gasteiger partial charge on any atom is -0.460 e. The summed E-state index contributed by atoms with van der Waals surface area (Å²) in [6.45, 7) is 1.95. The molecule has 2 aromatic rings. The first-order valence-electron chi connectivity index (χ1n) is 8.31. The number of furan rings is 1. The van der Waals surface area contributed by atoms with Gasteiger partial charge < -0.3 is 9.32 Å². The number of rotatable bonds is 4. The quantitative estimate of drug-likeness (QED) is 0.851. The topological polar surface area (TPSA) is 67.6 Å². The Bertz CT molecular complexity index is 868. The van der Waals surface area contributed by atoms with E-state index in [0.29, 0.717) is 29.7 Å². The van der Waals surface area contributed by atoms with Crippen molar-refractivity contribution in [1.82, 2.24) is 4.90 Å². The fourth-order valence-electron chi connectivity index (χ4n) is 3.76. The zero-order valence-electron chi connectivity index (χ0n) is 14.3. The largest absolute Gasteiger partial charge is 0.460 e. The van der Waals surface area contributed by atoms with E-state index in [1.54, 1.807) is 11.9 Å². The maximum atomic E-state index is 13.1. The third-order valence-corrected chi connectivity index (χ3v) is 6.64. The molecular weight excluding hydrogens is 326 g/mol. The van der Waals surface area contributed by atoms with Gasteiger partial charge in [-0.25, -0.2) is 8.42 Å². The summed E-state index contributed by atoms with van der Waals surface area (Å²) in [5, 5.41) is 0.315. The Morgan fingerprint density at radius 1 is 1.29 bits per heavy atom. The monoisotopic (exact) mass is 349 g/mol. The molecule has 0 bridgehead atoms. The first-order chi connectivity index (χ1) is 11.3. The SMILES string of the molecule is CCc1oc2ccccc2c1C(=O)N(C)[C@@H]1CCC[C@@H]1S(C)(=O)=O. The van der Waals surface area contributed by atoms with Crippen LogP contribution in [0.4, 0.5) is 0 Å². The Morgan fingerprint density at radius 2 is 2.00 bits per heavy atom. The van der Waals surface area contributed by atoms with Crippen molar-refractivity contribution in [2.75, 3.05) is 13.3 Å². The molecule has 1 fully saturated rings. The molecule has 5 nitrogen and oxygen atoms in total. The van der Waals surface area contributed by atoms with Crippen molar-refractivity contribution in [1.29, 1.82) is 0 Å². The zero-order chi connectivity index (χ0) is 17.5. The predicted octanol–water partition coefficient (Wildman–Crippen LogP) is 3.03. The fourth-order valence-corrected chi connectivity index (χ4v) is 5.24. The van der Waals surface area contributed by atoms with Gasteiger partial charge in [-0.3, -0.25) is 4.79 Å². The highest BCUT2D eigenvalue weighted by Crippen LogP contribution is 2.32. The highest BCUT2D eigenvalue weighted by atomic mass is 32.2. The number of sulfone groups is 1. The lowest BCUT2D eigenvalue weighted by Gasteiger charge is -2.29. The summed E-state index contributed by atoms with van der Waals surface area (Å²) in [5.41, 5.74) is 1.26. The van der Waals surface area contributed by atoms with E-state index in [1.165, 1.54) is 6.26 Å². The van der Waals surface area contributed by atoms with Crippen LogP contribution in [0.1, 0.15) is 42.3 Å². The summed E-state index contributed by atoms with van der Waals surface area (Å²) in [6, 6.07) is 7.20. The number of benzene rings is 1. The number of carbonyl (C=O) groups is 1. The van der Waals surface area contributed by atoms with Crippen molar-refractivity contribution in [3.8, 4) is 0 Å². The van der Waals surface area contributed by atoms with Gasteiger partial charge in [0.05, 0.1) is 10.8 Å². The molecule has 0 aliphatic heterocycles. The van der Waals surface area contributed by atoms with Crippen LogP contribution in [0.15, 0.2) is 28.7 Å². The number of hydrogen-bond acceptors (Lipinski definition) is 4. The molecule has 6 heteroatoms. The minimum absolute atomic E-state index is 0.155. The molecule has 0 N–H and O–H groups in total. The number of carbonyl (C=O) groups excluding carboxylic acids is 1. The molecule has 0 unspecified atom stereocenters. The molecule has 0 spiro atoms. The van der Waals surface area contributed by atoms with Gasteiger partial charge in [-0.2, -0.15) is 0 Å². The molecule has 3 rings (SSSR count). The molecule has 1 aromatic carbocycles. The second-order valence-electron chi connectivity index (χ2n) is 6.53. The van der Waals surface area contributed by atoms with Crippen molar-refractivity contribution in [2.24, 2.45) is 0 Å². The summed E-state index contributed by atoms with van der Waals surface area (Å²) in [7, 11) is -1.47. The lowest BCUT2D eigenvalue weighted by molar-refractivity contribution is 0.0737. The van der Waals surface area contributed by atoms with Crippen LogP contribution >= 0.6 is 0 Å². The van der Waals surface area contributed by atoms with Crippen LogP contribution in [-0.2, 0) is 16.3 Å². The van der Waals surface area contributed by atoms with Crippen LogP contribution in [0.2, 0.25) is 0 Å². The molecule has 1 heterocycles. The van der Waals surface area contributed by atoms with Gasteiger partial charge in [0.2, 0.25) is 0 Å². The lowest BCUT2D eigenvalue weighted by atomic mass is 10.1. The van der Waals surface area contributed by atoms with Gasteiger partial charge >= 0.3 is 0 Å². The van der Waals surface area contributed by atoms with E-state index in [0.717, 1.165) is 18.2 Å². The number of nitrogens with zero attached hydrogens (tertiary/aromatic N) is 1. The van der Waals surface area contributed by atoms with Gasteiger partial charge in [0.15, 0.2) is 9.84 Å². The Kier molecular flexibility index (Phi) is 4.42. The number of hydrogen-bond donors (Lipinski definition) is 0. The summed E-state index contributed by atoms with van der Waals surface area (Å²) in [4.78, 5) is 14.7. The number of amides is 1. The number of fused-ring (bicyclic) bond motifs is 1. The van der Waals surface area contributed by atoms with Gasteiger partial charge in [-0.05, 0) is 25.3 Å². The van der Waals surface area contributed by atoms with E-state index in [9.17, 15) is 13.2 Å². The molecule has 0 radical (unpaired) electrons. The van der Waals surface area contributed by atoms with Gasteiger partial charge in [0.1, 0.15) is 11.3 Å². The molecule has 1 saturated carbocycles. The molecule has 1 amide bonds. The fraction of sp³-hybridized carbons (Fsp3) is 0.500. The van der Waals surface area contributed by atoms with Crippen LogP contribution in [-0.4, -0.2) is 43.8 Å². The van der Waals surface area contributed by atoms with E-state index in [2.05, 4.69) is 0 Å². The lowest BCUT2D eigenvalue weighted by Crippen LogP contribution is -2.44. The third kappa shape index (κ3) is 2.83. The molecule has 24 heavy (non-hydrogen) atoms. The Balaban J connectivity index is 2.00. The van der Waals surface area contributed by atoms with Crippen LogP contribution in [0.3, 0.4) is 0 Å². The smallest absolute Gasteiger partial charge is 0.258 e. The van der Waals surface area contributed by atoms with Gasteiger partial charge in [-0.15, -0.1) is 0 Å². The van der Waals surface area contributed by atoms with Crippen LogP contribution < -0.4 is 0 Å². The number of para-hydroxylation sites is 1. The molecule has 0 saturated heterocycles. The molecular formula is C18H23NO4S. The van der Waals surface area contributed by atoms with E-state index in [4.69, 9.17) is 4.42 Å². The van der Waals surface area contributed by atoms with Crippen LogP contribution in [0, 0.1) is 0 Å². The van der Waals surface area contributed by atoms with E-state index in [1.807, 2.05) is 31.2 Å². The van der Waals surface area contributed by atoms with Crippen molar-refractivity contribution < 1.29 is 17.6 Å². The van der Waals surface area contributed by atoms with E-state index < -0.39 is 15.1 Å². The van der Waals surface area contributed by atoms with Crippen molar-refractivity contribution in [2.45, 2.75) is 43.9 Å². The van der Waals surface area contributed by atoms with Crippen molar-refractivity contribution in [3.63, 3.8) is 0 Å². The number of aryl methyl sites for hydroxylation is 1. The van der Waals surface area contributed by atoms with Crippen molar-refractivity contribution in [3.05, 3.63) is 35.6 Å². The summed E-state index contributed by atoms with van der Waals surface area (Å²) in [6.07, 6.45) is 4.04. The Hall–Kier alpha value is -1.82. The molecule has 1 aliphatic carbocycles. The Morgan fingerprint density at radius 3 is 2.67 bits per heavy atom. The average molecular weight is 349 g/mol. The summed E-state index contributed by atoms with van der Waals surface area (Å²) < 4.78 is 29.9. The van der Waals surface area contributed by atoms with Crippen LogP contribution in [0.25, 0.3) is 11.0 Å². The second-order valence-corrected chi connectivity index (χ2v) is 8.80. The molecule has 1 aromatic heterocycles. The Labute approximate surface area is 142 Å². The zero-order valence-corrected chi connectivity index (χ0v) is 15.1. The van der Waals surface area contributed by atoms with Gasteiger partial charge in [0, 0.05) is 31.2 Å². The minimum atomic E-state index is -3.17. The van der Waals surface area contributed by atoms with Gasteiger partial charge in [0.25, 0.3) is 5.91 Å². The first-order valence-corrected chi connectivity index (χ1v) is 10.3. The maximum Gasteiger partial charge on any atom is 0.258 e. The predicted molar refractivity (Wildman–Crippen MR) is 94.0 cm³/mol. The van der Waals surface area contributed by atoms with Gasteiger partial charge in [-0.1, -0.05) is 25.1 Å². The standard InChI is InChI=1S/C18H23NO4S/c1-4-14-17(12-8-5-6-10-15(12)23-14)18(20)19(2)13-9-7-11-16(13)24(3,21)22/h5-6,8,10,13,16H,4,7,9,11H2,1-3H3/t13-,16+/m1/s1. The first kappa shape index (κ1) is 17.0. The molecule has 2 atom stereocenters. The maximum absolute atomic E-state index is 13.1. The van der Waals surface area contributed by atoms with E-state index >= 15 is 0 Å². The second kappa shape index (κ2) is 6.24. The normalized spacial score (nSPS) is 21.3. The van der Waals surface area contributed by atoms with E-state index in [-0.39, 0.29) is 11.9 Å². The highest BCUT2D eigenvalue weighted by molar-refractivity contribution is 7.91. The summed E-state index contributed by atoms with van der Waals surface area (Å²) in [5.74, 6) is 0.499. The summed E-state index contributed by atoms with van der Waals surface area (Å²) >= 11 is 0.